The maximum Gasteiger partial charge on any atom is 0.357 e. The zero-order valence-corrected chi connectivity index (χ0v) is 69.4. The Morgan fingerprint density at radius 2 is 0.443 bits per heavy atom. The van der Waals surface area contributed by atoms with E-state index in [9.17, 15) is 14.0 Å². The molecule has 13 heteroatoms. The Hall–Kier alpha value is -25.3. The Labute approximate surface area is 772 Å². The van der Waals surface area contributed by atoms with Crippen molar-refractivity contribution in [1.82, 2.24) is 29.5 Å². The maximum absolute atomic E-state index is 13.8. The first-order chi connectivity index (χ1) is 64.7. The van der Waals surface area contributed by atoms with Gasteiger partial charge in [-0.15, -0.1) is 6.42 Å². The Balaban J connectivity index is 0.00000236. The van der Waals surface area contributed by atoms with Crippen molar-refractivity contribution in [2.75, 3.05) is 21.3 Å². The fourth-order valence-corrected chi connectivity index (χ4v) is 5.90. The number of nitrogens with zero attached hydrogens (tertiary/aromatic N) is 6. The highest BCUT2D eigenvalue weighted by molar-refractivity contribution is 9.10. The van der Waals surface area contributed by atoms with Crippen LogP contribution in [0.3, 0.4) is 0 Å². The molecule has 0 spiro atoms. The number of ether oxygens (including phenoxy) is 3. The number of aromatic nitrogens is 6. The summed E-state index contributed by atoms with van der Waals surface area (Å²) in [5, 5.41) is 7.76. The van der Waals surface area contributed by atoms with Crippen molar-refractivity contribution < 1.29 is 28.2 Å². The van der Waals surface area contributed by atoms with E-state index in [1.165, 1.54) is 36.9 Å². The number of hydrogen-bond donors (Lipinski definition) is 0. The highest BCUT2D eigenvalue weighted by Gasteiger charge is 2.23. The number of halogens is 2. The smallest absolute Gasteiger partial charge is 0.357 e. The van der Waals surface area contributed by atoms with Gasteiger partial charge >= 0.3 is 17.9 Å². The lowest BCUT2D eigenvalue weighted by atomic mass is 10.1. The van der Waals surface area contributed by atoms with Gasteiger partial charge in [0.25, 0.3) is 0 Å². The molecule has 3 aromatic heterocycles. The van der Waals surface area contributed by atoms with Crippen LogP contribution in [0.15, 0.2) is 23.1 Å². The molecule has 0 saturated heterocycles. The summed E-state index contributed by atoms with van der Waals surface area (Å²) in [5.41, 5.74) is 0.669. The molecular weight excluding hydrogens is 1680 g/mol. The predicted molar refractivity (Wildman–Crippen MR) is 500 cm³/mol. The molecule has 568 valence electrons. The summed E-state index contributed by atoms with van der Waals surface area (Å²) < 4.78 is 31.2. The van der Waals surface area contributed by atoms with Crippen LogP contribution in [-0.2, 0) is 23.6 Å². The van der Waals surface area contributed by atoms with Gasteiger partial charge < -0.3 is 14.2 Å². The predicted octanol–water partition coefficient (Wildman–Crippen LogP) is 2.59. The second-order valence-corrected chi connectivity index (χ2v) is 18.9. The molecule has 3 heterocycles. The number of hydrogen-bond acceptors (Lipinski definition) is 9. The number of carbonyl (C=O) groups is 2. The summed E-state index contributed by atoms with van der Waals surface area (Å²) in [4.78, 5) is 30.2. The van der Waals surface area contributed by atoms with Crippen LogP contribution < -0.4 is 4.74 Å². The molecule has 0 amide bonds. The van der Waals surface area contributed by atoms with Gasteiger partial charge in [0.2, 0.25) is 0 Å². The van der Waals surface area contributed by atoms with E-state index in [1.54, 1.807) is 27.2 Å². The SMILES string of the molecule is C#CC#CC#CC#CC#CC#CC#CC#CC#CC#CC#CC#CC#CC#CC#CC#CC#CC#CC#CC#CC#CC#CC#CC#CC#CC#CC#CC#CC#CC#CC#CC#CC#CC#CC#CC#CC#CC#CC#CC#CC#CC#CC#CC#CC#CC#CC#CC#CC#CC#CC.COC(=O)c1c(-c2nc(OC)ncc2F)cnn1C.COC(=O)c1c(Br)cnn1C. The van der Waals surface area contributed by atoms with Gasteiger partial charge in [0.1, 0.15) is 5.69 Å². The van der Waals surface area contributed by atoms with Gasteiger partial charge in [-0.1, -0.05) is 5.92 Å². The van der Waals surface area contributed by atoms with E-state index in [-0.39, 0.29) is 23.0 Å². The minimum absolute atomic E-state index is 0.00364. The molecule has 0 atom stereocenters. The third-order valence-corrected chi connectivity index (χ3v) is 10.5. The second-order valence-electron chi connectivity index (χ2n) is 18.1. The second kappa shape index (κ2) is 82.6. The summed E-state index contributed by atoms with van der Waals surface area (Å²) in [6, 6.07) is -0.00364. The minimum atomic E-state index is -0.682. The Kier molecular flexibility index (Phi) is 65.4. The van der Waals surface area contributed by atoms with Gasteiger partial charge in [0.15, 0.2) is 17.2 Å². The van der Waals surface area contributed by atoms with Gasteiger partial charge in [-0.05, 0) is 118 Å². The Morgan fingerprint density at radius 3 is 0.603 bits per heavy atom. The van der Waals surface area contributed by atoms with Crippen molar-refractivity contribution in [3.63, 3.8) is 0 Å². The van der Waals surface area contributed by atoms with Crippen LogP contribution in [0.5, 0.6) is 6.01 Å². The van der Waals surface area contributed by atoms with Crippen molar-refractivity contribution in [1.29, 1.82) is 0 Å². The maximum atomic E-state index is 13.8. The summed E-state index contributed by atoms with van der Waals surface area (Å²) in [6.45, 7) is 1.68. The van der Waals surface area contributed by atoms with Crippen molar-refractivity contribution in [3.8, 4) is 610 Å². The number of terminal acetylenes is 1. The Bertz CT molecular complexity index is 8910. The molecule has 0 aliphatic carbocycles. The van der Waals surface area contributed by atoms with Crippen molar-refractivity contribution in [3.05, 3.63) is 40.3 Å². The van der Waals surface area contributed by atoms with E-state index in [2.05, 4.69) is 632 Å². The number of carbonyl (C=O) groups excluding carboxylic acids is 2. The third-order valence-electron chi connectivity index (χ3n) is 9.95. The van der Waals surface area contributed by atoms with E-state index >= 15 is 0 Å². The lowest BCUT2D eigenvalue weighted by Gasteiger charge is -2.05. The molecule has 131 heavy (non-hydrogen) atoms. The standard InChI is InChI=1S/C101H4.C11H11FN4O3.C6H7BrN2O2/c1-3-5-7-9-11-13-15-17-19-21-23-25-27-29-31-33-35-37-39-41-43-45-47-49-51-53-55-57-59-61-63-65-67-69-71-73-75-77-79-81-83-85-87-89-91-93-95-97-99-101-100-98-96-94-92-90-88-86-84-82-80-78-76-74-72-70-68-66-64-62-60-58-56-54-52-50-48-46-44-42-40-38-36-34-32-30-28-26-24-22-20-18-16-14-12-10-8-6-4-2;1-16-9(10(17)18-2)6(4-14-16)8-7(12)5-13-11(15-8)19-3;1-9-5(6(10)11-2)4(7)3-8-9/h1H,2H3;4-5H,1-3H3;3H,1-2H3. The van der Waals surface area contributed by atoms with Crippen molar-refractivity contribution in [2.45, 2.75) is 6.92 Å². The molecule has 0 bridgehead atoms. The van der Waals surface area contributed by atoms with Crippen LogP contribution in [0, 0.1) is 598 Å². The summed E-state index contributed by atoms with van der Waals surface area (Å²) in [7, 11) is 7.16. The molecule has 0 saturated carbocycles. The van der Waals surface area contributed by atoms with Crippen molar-refractivity contribution in [2.24, 2.45) is 14.1 Å². The quantitative estimate of drug-likeness (QED) is 0.287. The van der Waals surface area contributed by atoms with E-state index in [0.29, 0.717) is 10.2 Å². The van der Waals surface area contributed by atoms with E-state index < -0.39 is 17.8 Å². The van der Waals surface area contributed by atoms with Crippen LogP contribution in [0.4, 0.5) is 4.39 Å². The lowest BCUT2D eigenvalue weighted by molar-refractivity contribution is 0.0579. The largest absolute Gasteiger partial charge is 0.467 e. The first-order valence-corrected chi connectivity index (χ1v) is 34.3. The van der Waals surface area contributed by atoms with E-state index in [4.69, 9.17) is 11.2 Å². The Morgan fingerprint density at radius 1 is 0.275 bits per heavy atom. The molecular formula is C118H22BrFN6O5. The highest BCUT2D eigenvalue weighted by atomic mass is 79.9. The topological polar surface area (TPSA) is 123 Å². The average Bonchev–Trinajstić information content (AvgIpc) is 1.65. The third kappa shape index (κ3) is 65.6. The average molecular weight is 1700 g/mol. The number of aryl methyl sites for hydroxylation is 2. The number of methoxy groups -OCH3 is 3. The van der Waals surface area contributed by atoms with E-state index in [1.807, 2.05) is 0 Å². The minimum Gasteiger partial charge on any atom is -0.467 e. The summed E-state index contributed by atoms with van der Waals surface area (Å²) >= 11 is 3.17. The number of rotatable bonds is 4. The molecule has 0 unspecified atom stereocenters. The molecule has 0 aromatic carbocycles. The molecule has 0 fully saturated rings. The molecule has 3 aromatic rings. The van der Waals surface area contributed by atoms with Crippen molar-refractivity contribution >= 4 is 27.9 Å². The van der Waals surface area contributed by atoms with Gasteiger partial charge in [-0.25, -0.2) is 19.0 Å². The zero-order chi connectivity index (χ0) is 94.4. The summed E-state index contributed by atoms with van der Waals surface area (Å²) in [6.07, 6.45) is 8.80. The van der Waals surface area contributed by atoms with Gasteiger partial charge in [-0.2, -0.15) is 15.2 Å². The normalized spacial score (nSPS) is 5.37. The van der Waals surface area contributed by atoms with E-state index in [0.717, 1.165) is 6.20 Å². The first-order valence-electron chi connectivity index (χ1n) is 33.5. The molecule has 3 rings (SSSR count). The van der Waals surface area contributed by atoms with Crippen LogP contribution in [0.2, 0.25) is 0 Å². The first kappa shape index (κ1) is 104. The van der Waals surface area contributed by atoms with Crippen LogP contribution in [0.25, 0.3) is 11.3 Å². The van der Waals surface area contributed by atoms with Gasteiger partial charge in [0, 0.05) is 500 Å². The van der Waals surface area contributed by atoms with Crippen LogP contribution in [0.1, 0.15) is 27.9 Å². The molecule has 0 N–H and O–H groups in total. The fraction of sp³-hybridized carbons (Fsp3) is 0.0508. The van der Waals surface area contributed by atoms with Crippen LogP contribution >= 0.6 is 15.9 Å². The number of esters is 2. The molecule has 0 aliphatic heterocycles. The fourth-order valence-electron chi connectivity index (χ4n) is 5.39. The highest BCUT2D eigenvalue weighted by Crippen LogP contribution is 2.25. The molecule has 0 radical (unpaired) electrons. The zero-order valence-electron chi connectivity index (χ0n) is 67.8. The lowest BCUT2D eigenvalue weighted by Crippen LogP contribution is -2.10. The van der Waals surface area contributed by atoms with Gasteiger partial charge in [0.05, 0.1) is 50.0 Å². The molecule has 11 nitrogen and oxygen atoms in total. The van der Waals surface area contributed by atoms with Gasteiger partial charge in [-0.3, -0.25) is 9.36 Å². The summed E-state index contributed by atoms with van der Waals surface area (Å²) in [5.74, 6) is 245. The monoisotopic (exact) mass is 1700 g/mol. The molecule has 0 aliphatic rings. The van der Waals surface area contributed by atoms with Crippen LogP contribution in [-0.4, -0.2) is 62.8 Å².